The molecule has 5 nitrogen and oxygen atoms in total. The van der Waals surface area contributed by atoms with Crippen molar-refractivity contribution in [3.05, 3.63) is 29.0 Å². The van der Waals surface area contributed by atoms with Crippen molar-refractivity contribution in [1.82, 2.24) is 10.3 Å². The lowest BCUT2D eigenvalue weighted by atomic mass is 9.99. The lowest BCUT2D eigenvalue weighted by Gasteiger charge is -2.20. The van der Waals surface area contributed by atoms with E-state index in [0.717, 1.165) is 0 Å². The zero-order valence-corrected chi connectivity index (χ0v) is 10.9. The van der Waals surface area contributed by atoms with Gasteiger partial charge in [-0.15, -0.1) is 0 Å². The zero-order chi connectivity index (χ0) is 13.7. The first-order valence-electron chi connectivity index (χ1n) is 5.60. The predicted octanol–water partition coefficient (Wildman–Crippen LogP) is 1.96. The Bertz CT molecular complexity index is 451. The minimum absolute atomic E-state index is 0.160. The summed E-state index contributed by atoms with van der Waals surface area (Å²) < 4.78 is 0. The van der Waals surface area contributed by atoms with Crippen LogP contribution in [0, 0.1) is 5.92 Å². The second-order valence-electron chi connectivity index (χ2n) is 4.03. The number of hydrogen-bond donors (Lipinski definition) is 2. The molecular formula is C12H15ClN2O3. The van der Waals surface area contributed by atoms with Crippen molar-refractivity contribution in [2.75, 3.05) is 0 Å². The van der Waals surface area contributed by atoms with Crippen LogP contribution in [0.25, 0.3) is 0 Å². The molecule has 1 aromatic heterocycles. The van der Waals surface area contributed by atoms with Gasteiger partial charge in [-0.25, -0.2) is 4.79 Å². The van der Waals surface area contributed by atoms with Crippen LogP contribution in [0.4, 0.5) is 0 Å². The van der Waals surface area contributed by atoms with E-state index in [2.05, 4.69) is 10.3 Å². The summed E-state index contributed by atoms with van der Waals surface area (Å²) >= 11 is 5.82. The number of halogens is 1. The highest BCUT2D eigenvalue weighted by atomic mass is 35.5. The van der Waals surface area contributed by atoms with Gasteiger partial charge in [-0.05, 0) is 12.0 Å². The molecule has 0 aliphatic carbocycles. The molecule has 0 radical (unpaired) electrons. The molecule has 6 heteroatoms. The average Bonchev–Trinajstić information content (AvgIpc) is 2.35. The van der Waals surface area contributed by atoms with Gasteiger partial charge in [0.15, 0.2) is 0 Å². The van der Waals surface area contributed by atoms with E-state index in [1.807, 2.05) is 6.92 Å². The van der Waals surface area contributed by atoms with E-state index in [1.54, 1.807) is 6.92 Å². The van der Waals surface area contributed by atoms with Gasteiger partial charge in [-0.3, -0.25) is 9.78 Å². The van der Waals surface area contributed by atoms with Crippen molar-refractivity contribution >= 4 is 23.5 Å². The third kappa shape index (κ3) is 3.43. The van der Waals surface area contributed by atoms with E-state index in [4.69, 9.17) is 16.7 Å². The number of hydrogen-bond acceptors (Lipinski definition) is 3. The molecule has 1 rings (SSSR count). The molecule has 0 saturated carbocycles. The molecule has 2 atom stereocenters. The van der Waals surface area contributed by atoms with Gasteiger partial charge in [0.05, 0.1) is 10.6 Å². The second-order valence-corrected chi connectivity index (χ2v) is 4.44. The molecule has 2 N–H and O–H groups in total. The van der Waals surface area contributed by atoms with Gasteiger partial charge >= 0.3 is 5.97 Å². The van der Waals surface area contributed by atoms with Crippen molar-refractivity contribution in [1.29, 1.82) is 0 Å². The van der Waals surface area contributed by atoms with Gasteiger partial charge in [-0.2, -0.15) is 0 Å². The molecule has 0 aromatic carbocycles. The molecule has 0 unspecified atom stereocenters. The molecule has 0 fully saturated rings. The number of carbonyl (C=O) groups excluding carboxylic acids is 1. The maximum Gasteiger partial charge on any atom is 0.326 e. The van der Waals surface area contributed by atoms with E-state index < -0.39 is 17.9 Å². The Morgan fingerprint density at radius 2 is 2.22 bits per heavy atom. The van der Waals surface area contributed by atoms with Gasteiger partial charge in [0.2, 0.25) is 0 Å². The normalized spacial score (nSPS) is 13.7. The van der Waals surface area contributed by atoms with Gasteiger partial charge in [0.1, 0.15) is 6.04 Å². The first-order valence-corrected chi connectivity index (χ1v) is 5.98. The van der Waals surface area contributed by atoms with Crippen molar-refractivity contribution < 1.29 is 14.7 Å². The fourth-order valence-electron chi connectivity index (χ4n) is 1.46. The number of nitrogens with one attached hydrogen (secondary N) is 1. The van der Waals surface area contributed by atoms with Crippen LogP contribution in [0.15, 0.2) is 18.5 Å². The van der Waals surface area contributed by atoms with Gasteiger partial charge in [0.25, 0.3) is 5.91 Å². The third-order valence-corrected chi connectivity index (χ3v) is 3.08. The maximum atomic E-state index is 11.9. The fraction of sp³-hybridized carbons (Fsp3) is 0.417. The summed E-state index contributed by atoms with van der Waals surface area (Å²) in [6.45, 7) is 3.64. The van der Waals surface area contributed by atoms with E-state index in [9.17, 15) is 9.59 Å². The molecule has 1 aromatic rings. The molecule has 0 aliphatic heterocycles. The van der Waals surface area contributed by atoms with E-state index in [-0.39, 0.29) is 16.5 Å². The predicted molar refractivity (Wildman–Crippen MR) is 67.6 cm³/mol. The standard InChI is InChI=1S/C12H15ClN2O3/c1-3-7(2)10(12(17)18)15-11(16)8-4-5-14-6-9(8)13/h4-7,10H,3H2,1-2H3,(H,15,16)(H,17,18)/t7-,10-/m0/s1. The van der Waals surface area contributed by atoms with Gasteiger partial charge in [0, 0.05) is 12.4 Å². The Labute approximate surface area is 110 Å². The monoisotopic (exact) mass is 270 g/mol. The van der Waals surface area contributed by atoms with E-state index in [0.29, 0.717) is 6.42 Å². The minimum atomic E-state index is -1.05. The summed E-state index contributed by atoms with van der Waals surface area (Å²) in [5.74, 6) is -1.72. The molecule has 0 aliphatic rings. The Hall–Kier alpha value is -1.62. The van der Waals surface area contributed by atoms with Crippen LogP contribution in [0.3, 0.4) is 0 Å². The van der Waals surface area contributed by atoms with Crippen LogP contribution in [0.5, 0.6) is 0 Å². The number of rotatable bonds is 5. The molecule has 1 amide bonds. The molecule has 1 heterocycles. The van der Waals surface area contributed by atoms with Crippen molar-refractivity contribution in [3.63, 3.8) is 0 Å². The number of amides is 1. The van der Waals surface area contributed by atoms with Crippen LogP contribution in [0.1, 0.15) is 30.6 Å². The van der Waals surface area contributed by atoms with Crippen molar-refractivity contribution in [3.8, 4) is 0 Å². The lowest BCUT2D eigenvalue weighted by molar-refractivity contribution is -0.140. The average molecular weight is 271 g/mol. The Morgan fingerprint density at radius 3 is 2.72 bits per heavy atom. The number of carbonyl (C=O) groups is 2. The van der Waals surface area contributed by atoms with Crippen LogP contribution < -0.4 is 5.32 Å². The lowest BCUT2D eigenvalue weighted by Crippen LogP contribution is -2.45. The number of carboxylic acid groups (broad SMARTS) is 1. The Morgan fingerprint density at radius 1 is 1.56 bits per heavy atom. The molecule has 0 spiro atoms. The first-order chi connectivity index (χ1) is 8.47. The van der Waals surface area contributed by atoms with Crippen LogP contribution in [-0.4, -0.2) is 28.0 Å². The molecule has 0 saturated heterocycles. The van der Waals surface area contributed by atoms with Crippen molar-refractivity contribution in [2.45, 2.75) is 26.3 Å². The summed E-state index contributed by atoms with van der Waals surface area (Å²) in [4.78, 5) is 26.8. The Balaban J connectivity index is 2.86. The summed E-state index contributed by atoms with van der Waals surface area (Å²) in [5.41, 5.74) is 0.223. The molecule has 98 valence electrons. The Kier molecular flexibility index (Phi) is 5.09. The van der Waals surface area contributed by atoms with Gasteiger partial charge < -0.3 is 10.4 Å². The van der Waals surface area contributed by atoms with Gasteiger partial charge in [-0.1, -0.05) is 31.9 Å². The molecule has 18 heavy (non-hydrogen) atoms. The number of nitrogens with zero attached hydrogens (tertiary/aromatic N) is 1. The number of aromatic nitrogens is 1. The topological polar surface area (TPSA) is 79.3 Å². The molecule has 0 bridgehead atoms. The third-order valence-electron chi connectivity index (χ3n) is 2.78. The zero-order valence-electron chi connectivity index (χ0n) is 10.2. The summed E-state index contributed by atoms with van der Waals surface area (Å²) in [7, 11) is 0. The highest BCUT2D eigenvalue weighted by Gasteiger charge is 2.26. The van der Waals surface area contributed by atoms with Crippen LogP contribution >= 0.6 is 11.6 Å². The van der Waals surface area contributed by atoms with E-state index >= 15 is 0 Å². The maximum absolute atomic E-state index is 11.9. The smallest absolute Gasteiger partial charge is 0.326 e. The number of pyridine rings is 1. The highest BCUT2D eigenvalue weighted by molar-refractivity contribution is 6.33. The number of aliphatic carboxylic acids is 1. The summed E-state index contributed by atoms with van der Waals surface area (Å²) in [6.07, 6.45) is 3.43. The fourth-order valence-corrected chi connectivity index (χ4v) is 1.67. The molecular weight excluding hydrogens is 256 g/mol. The van der Waals surface area contributed by atoms with Crippen LogP contribution in [0.2, 0.25) is 5.02 Å². The van der Waals surface area contributed by atoms with Crippen molar-refractivity contribution in [2.24, 2.45) is 5.92 Å². The quantitative estimate of drug-likeness (QED) is 0.857. The number of carboxylic acids is 1. The summed E-state index contributed by atoms with van der Waals surface area (Å²) in [5, 5.41) is 11.8. The summed E-state index contributed by atoms with van der Waals surface area (Å²) in [6, 6.07) is 0.527. The SMILES string of the molecule is CC[C@H](C)[C@H](NC(=O)c1ccncc1Cl)C(=O)O. The van der Waals surface area contributed by atoms with E-state index in [1.165, 1.54) is 18.5 Å². The minimum Gasteiger partial charge on any atom is -0.480 e. The second kappa shape index (κ2) is 6.35. The van der Waals surface area contributed by atoms with Crippen LogP contribution in [-0.2, 0) is 4.79 Å². The first kappa shape index (κ1) is 14.4. The highest BCUT2D eigenvalue weighted by Crippen LogP contribution is 2.15. The largest absolute Gasteiger partial charge is 0.480 e.